The minimum Gasteiger partial charge on any atom is -0.279 e. The predicted octanol–water partition coefficient (Wildman–Crippen LogP) is 3.87. The van der Waals surface area contributed by atoms with Gasteiger partial charge in [-0.3, -0.25) is 4.72 Å². The molecule has 0 heterocycles. The highest BCUT2D eigenvalue weighted by atomic mass is 32.2. The zero-order chi connectivity index (χ0) is 16.2. The summed E-state index contributed by atoms with van der Waals surface area (Å²) < 4.78 is 27.6. The molecule has 0 saturated carbocycles. The van der Waals surface area contributed by atoms with E-state index < -0.39 is 10.0 Å². The molecule has 0 aromatic heterocycles. The average molecular weight is 314 g/mol. The van der Waals surface area contributed by atoms with E-state index in [1.165, 1.54) is 24.3 Å². The summed E-state index contributed by atoms with van der Waals surface area (Å²) in [6, 6.07) is 15.3. The van der Waals surface area contributed by atoms with Gasteiger partial charge in [-0.2, -0.15) is 5.26 Å². The van der Waals surface area contributed by atoms with Gasteiger partial charge in [-0.05, 0) is 48.2 Å². The van der Waals surface area contributed by atoms with E-state index in [-0.39, 0.29) is 10.8 Å². The summed E-state index contributed by atoms with van der Waals surface area (Å²) in [5, 5.41) is 8.78. The number of anilines is 1. The van der Waals surface area contributed by atoms with Crippen LogP contribution in [0.5, 0.6) is 0 Å². The molecule has 0 unspecified atom stereocenters. The maximum atomic E-state index is 12.5. The highest BCUT2D eigenvalue weighted by molar-refractivity contribution is 7.92. The van der Waals surface area contributed by atoms with Crippen molar-refractivity contribution in [2.75, 3.05) is 4.72 Å². The number of para-hydroxylation sites is 1. The first kappa shape index (κ1) is 16.1. The van der Waals surface area contributed by atoms with Gasteiger partial charge in [-0.25, -0.2) is 8.42 Å². The van der Waals surface area contributed by atoms with E-state index in [0.717, 1.165) is 12.0 Å². The lowest BCUT2D eigenvalue weighted by molar-refractivity contribution is 0.601. The number of hydrogen-bond donors (Lipinski definition) is 1. The van der Waals surface area contributed by atoms with Crippen molar-refractivity contribution in [2.24, 2.45) is 0 Å². The Labute approximate surface area is 131 Å². The molecule has 0 saturated heterocycles. The number of sulfonamides is 1. The molecule has 0 aliphatic carbocycles. The summed E-state index contributed by atoms with van der Waals surface area (Å²) in [4.78, 5) is 0.144. The Morgan fingerprint density at radius 1 is 1.14 bits per heavy atom. The third-order valence-electron chi connectivity index (χ3n) is 3.64. The van der Waals surface area contributed by atoms with Gasteiger partial charge in [0.2, 0.25) is 0 Å². The molecule has 0 aliphatic rings. The third kappa shape index (κ3) is 3.46. The molecule has 0 fully saturated rings. The summed E-state index contributed by atoms with van der Waals surface area (Å²) in [7, 11) is -3.66. The van der Waals surface area contributed by atoms with E-state index in [9.17, 15) is 8.42 Å². The average Bonchev–Trinajstić information content (AvgIpc) is 2.54. The van der Waals surface area contributed by atoms with Crippen molar-refractivity contribution in [3.05, 3.63) is 59.7 Å². The summed E-state index contributed by atoms with van der Waals surface area (Å²) in [5.74, 6) is 0.264. The van der Waals surface area contributed by atoms with E-state index in [4.69, 9.17) is 5.26 Å². The second kappa shape index (κ2) is 6.63. The molecule has 0 amide bonds. The van der Waals surface area contributed by atoms with Crippen LogP contribution in [0.25, 0.3) is 0 Å². The fraction of sp³-hybridized carbons (Fsp3) is 0.235. The number of nitrogens with one attached hydrogen (secondary N) is 1. The predicted molar refractivity (Wildman–Crippen MR) is 87.1 cm³/mol. The van der Waals surface area contributed by atoms with Crippen molar-refractivity contribution >= 4 is 15.7 Å². The van der Waals surface area contributed by atoms with Crippen molar-refractivity contribution in [1.29, 1.82) is 5.26 Å². The second-order valence-electron chi connectivity index (χ2n) is 5.14. The Hall–Kier alpha value is -2.32. The van der Waals surface area contributed by atoms with Crippen LogP contribution >= 0.6 is 0 Å². The largest absolute Gasteiger partial charge is 0.279 e. The lowest BCUT2D eigenvalue weighted by Crippen LogP contribution is -2.14. The zero-order valence-electron chi connectivity index (χ0n) is 12.6. The van der Waals surface area contributed by atoms with Crippen LogP contribution < -0.4 is 4.72 Å². The van der Waals surface area contributed by atoms with Crippen LogP contribution in [-0.2, 0) is 10.0 Å². The SMILES string of the molecule is CC[C@@H](C)c1ccccc1NS(=O)(=O)c1ccc(C#N)cc1. The third-order valence-corrected chi connectivity index (χ3v) is 5.02. The highest BCUT2D eigenvalue weighted by Gasteiger charge is 2.17. The Kier molecular flexibility index (Phi) is 4.84. The summed E-state index contributed by atoms with van der Waals surface area (Å²) in [5.41, 5.74) is 2.00. The topological polar surface area (TPSA) is 70.0 Å². The van der Waals surface area contributed by atoms with E-state index in [1.54, 1.807) is 6.07 Å². The van der Waals surface area contributed by atoms with Crippen LogP contribution in [0.3, 0.4) is 0 Å². The minimum atomic E-state index is -3.66. The fourth-order valence-corrected chi connectivity index (χ4v) is 3.24. The summed E-state index contributed by atoms with van der Waals surface area (Å²) >= 11 is 0. The fourth-order valence-electron chi connectivity index (χ4n) is 2.15. The van der Waals surface area contributed by atoms with Crippen molar-refractivity contribution < 1.29 is 8.42 Å². The molecule has 114 valence electrons. The van der Waals surface area contributed by atoms with Gasteiger partial charge in [0.05, 0.1) is 22.2 Å². The minimum absolute atomic E-state index is 0.144. The molecule has 2 aromatic carbocycles. The molecule has 0 bridgehead atoms. The van der Waals surface area contributed by atoms with Crippen LogP contribution in [0, 0.1) is 11.3 Å². The second-order valence-corrected chi connectivity index (χ2v) is 6.82. The van der Waals surface area contributed by atoms with Crippen molar-refractivity contribution in [3.8, 4) is 6.07 Å². The molecule has 2 aromatic rings. The Morgan fingerprint density at radius 3 is 2.36 bits per heavy atom. The van der Waals surface area contributed by atoms with E-state index in [2.05, 4.69) is 18.6 Å². The summed E-state index contributed by atoms with van der Waals surface area (Å²) in [6.45, 7) is 4.13. The Balaban J connectivity index is 2.35. The van der Waals surface area contributed by atoms with Crippen molar-refractivity contribution in [1.82, 2.24) is 0 Å². The Morgan fingerprint density at radius 2 is 1.77 bits per heavy atom. The maximum absolute atomic E-state index is 12.5. The molecule has 4 nitrogen and oxygen atoms in total. The molecule has 1 N–H and O–H groups in total. The van der Waals surface area contributed by atoms with Crippen molar-refractivity contribution in [3.63, 3.8) is 0 Å². The first-order valence-electron chi connectivity index (χ1n) is 7.10. The van der Waals surface area contributed by atoms with Gasteiger partial charge in [-0.15, -0.1) is 0 Å². The van der Waals surface area contributed by atoms with Gasteiger partial charge in [0.25, 0.3) is 10.0 Å². The molecule has 22 heavy (non-hydrogen) atoms. The zero-order valence-corrected chi connectivity index (χ0v) is 13.4. The number of rotatable bonds is 5. The number of benzene rings is 2. The number of nitrogens with zero attached hydrogens (tertiary/aromatic N) is 1. The standard InChI is InChI=1S/C17H18N2O2S/c1-3-13(2)16-6-4-5-7-17(16)19-22(20,21)15-10-8-14(12-18)9-11-15/h4-11,13,19H,3H2,1-2H3/t13-/m1/s1. The molecule has 1 atom stereocenters. The monoisotopic (exact) mass is 314 g/mol. The first-order chi connectivity index (χ1) is 10.5. The highest BCUT2D eigenvalue weighted by Crippen LogP contribution is 2.28. The number of hydrogen-bond acceptors (Lipinski definition) is 3. The normalized spacial score (nSPS) is 12.4. The van der Waals surface area contributed by atoms with Gasteiger partial charge in [0.15, 0.2) is 0 Å². The van der Waals surface area contributed by atoms with Crippen molar-refractivity contribution in [2.45, 2.75) is 31.1 Å². The van der Waals surface area contributed by atoms with Gasteiger partial charge in [0.1, 0.15) is 0 Å². The van der Waals surface area contributed by atoms with Crippen LogP contribution in [0.4, 0.5) is 5.69 Å². The van der Waals surface area contributed by atoms with E-state index in [1.807, 2.05) is 24.3 Å². The lowest BCUT2D eigenvalue weighted by atomic mass is 9.97. The smallest absolute Gasteiger partial charge is 0.261 e. The first-order valence-corrected chi connectivity index (χ1v) is 8.58. The molecular weight excluding hydrogens is 296 g/mol. The lowest BCUT2D eigenvalue weighted by Gasteiger charge is -2.16. The quantitative estimate of drug-likeness (QED) is 0.910. The van der Waals surface area contributed by atoms with Gasteiger partial charge < -0.3 is 0 Å². The van der Waals surface area contributed by atoms with Gasteiger partial charge in [-0.1, -0.05) is 32.0 Å². The van der Waals surface area contributed by atoms with E-state index in [0.29, 0.717) is 11.3 Å². The van der Waals surface area contributed by atoms with Crippen LogP contribution in [0.2, 0.25) is 0 Å². The van der Waals surface area contributed by atoms with Crippen LogP contribution in [-0.4, -0.2) is 8.42 Å². The van der Waals surface area contributed by atoms with Crippen LogP contribution in [0.1, 0.15) is 37.3 Å². The van der Waals surface area contributed by atoms with E-state index >= 15 is 0 Å². The molecule has 0 spiro atoms. The van der Waals surface area contributed by atoms with Crippen LogP contribution in [0.15, 0.2) is 53.4 Å². The van der Waals surface area contributed by atoms with Gasteiger partial charge in [0, 0.05) is 0 Å². The number of nitriles is 1. The molecule has 0 aliphatic heterocycles. The maximum Gasteiger partial charge on any atom is 0.261 e. The summed E-state index contributed by atoms with van der Waals surface area (Å²) in [6.07, 6.45) is 0.926. The Bertz CT molecular complexity index is 790. The molecular formula is C17H18N2O2S. The molecule has 0 radical (unpaired) electrons. The van der Waals surface area contributed by atoms with Gasteiger partial charge >= 0.3 is 0 Å². The molecule has 5 heteroatoms. The molecule has 2 rings (SSSR count).